The minimum atomic E-state index is -3.73. The number of nitrogens with one attached hydrogen (secondary N) is 1. The van der Waals surface area contributed by atoms with E-state index in [2.05, 4.69) is 22.2 Å². The van der Waals surface area contributed by atoms with Gasteiger partial charge in [-0.3, -0.25) is 9.78 Å². The molecule has 0 aliphatic heterocycles. The van der Waals surface area contributed by atoms with Crippen LogP contribution >= 0.6 is 10.7 Å². The number of H-pyrrole nitrogens is 1. The molecule has 2 aromatic carbocycles. The number of aromatic nitrogens is 3. The molecule has 0 amide bonds. The van der Waals surface area contributed by atoms with Crippen molar-refractivity contribution in [1.29, 1.82) is 0 Å². The van der Waals surface area contributed by atoms with Gasteiger partial charge in [0.15, 0.2) is 0 Å². The number of ether oxygens (including phenoxy) is 1. The summed E-state index contributed by atoms with van der Waals surface area (Å²) in [4.78, 5) is 24.1. The second-order valence-corrected chi connectivity index (χ2v) is 7.16. The van der Waals surface area contributed by atoms with Gasteiger partial charge in [0.1, 0.15) is 6.20 Å². The number of benzene rings is 2. The van der Waals surface area contributed by atoms with E-state index in [0.717, 1.165) is 10.9 Å². The summed E-state index contributed by atoms with van der Waals surface area (Å²) in [7, 11) is 2.76. The van der Waals surface area contributed by atoms with Crippen molar-refractivity contribution in [2.45, 2.75) is 4.90 Å². The van der Waals surface area contributed by atoms with Crippen molar-refractivity contribution in [3.05, 3.63) is 81.6 Å². The number of halogens is 1. The predicted octanol–water partition coefficient (Wildman–Crippen LogP) is 1.14. The first-order valence-corrected chi connectivity index (χ1v) is 9.28. The quantitative estimate of drug-likeness (QED) is 0.369. The van der Waals surface area contributed by atoms with Crippen LogP contribution in [0.1, 0.15) is 0 Å². The molecule has 11 heteroatoms. The molecule has 1 aromatic heterocycles. The third-order valence-electron chi connectivity index (χ3n) is 2.93. The Morgan fingerprint density at radius 3 is 2.30 bits per heavy atom. The van der Waals surface area contributed by atoms with E-state index < -0.39 is 20.3 Å². The molecular weight excluding hydrogens is 566 g/mol. The molecule has 0 saturated heterocycles. The van der Waals surface area contributed by atoms with Crippen LogP contribution in [0.2, 0.25) is 0 Å². The van der Waals surface area contributed by atoms with Gasteiger partial charge in [0.05, 0.1) is 7.11 Å². The molecule has 0 bridgehead atoms. The van der Waals surface area contributed by atoms with Crippen molar-refractivity contribution in [1.82, 2.24) is 14.8 Å². The molecule has 0 aliphatic carbocycles. The van der Waals surface area contributed by atoms with Crippen molar-refractivity contribution in [3.8, 4) is 11.4 Å². The van der Waals surface area contributed by atoms with E-state index in [-0.39, 0.29) is 31.7 Å². The summed E-state index contributed by atoms with van der Waals surface area (Å²) in [6.45, 7) is 0. The fourth-order valence-electron chi connectivity index (χ4n) is 1.82. The molecule has 3 rings (SSSR count). The van der Waals surface area contributed by atoms with E-state index in [1.807, 2.05) is 0 Å². The molecule has 0 unspecified atom stereocenters. The zero-order valence-electron chi connectivity index (χ0n) is 13.7. The minimum Gasteiger partial charge on any atom is -0.521 e. The van der Waals surface area contributed by atoms with Crippen molar-refractivity contribution in [2.24, 2.45) is 0 Å². The van der Waals surface area contributed by atoms with E-state index in [4.69, 9.17) is 15.4 Å². The topological polar surface area (TPSA) is 111 Å². The van der Waals surface area contributed by atoms with Gasteiger partial charge in [-0.2, -0.15) is 41.5 Å². The van der Waals surface area contributed by atoms with Crippen LogP contribution < -0.4 is 16.0 Å². The van der Waals surface area contributed by atoms with Crippen LogP contribution in [0.15, 0.2) is 63.1 Å². The summed E-state index contributed by atoms with van der Waals surface area (Å²) < 4.78 is 27.7. The SMILES string of the molecule is COc1cc[c-]cc1S(=O)(=O)Cl.O=c1cnn(-c2cc[c-]cc2)c(=O)[nH]1.[W+2]. The van der Waals surface area contributed by atoms with Gasteiger partial charge in [0, 0.05) is 21.3 Å². The van der Waals surface area contributed by atoms with Gasteiger partial charge in [-0.15, -0.1) is 18.2 Å². The summed E-state index contributed by atoms with van der Waals surface area (Å²) in [6.07, 6.45) is 1.05. The molecule has 8 nitrogen and oxygen atoms in total. The Morgan fingerprint density at radius 1 is 1.15 bits per heavy atom. The van der Waals surface area contributed by atoms with Gasteiger partial charge in [0.2, 0.25) is 9.05 Å². The third-order valence-corrected chi connectivity index (χ3v) is 4.27. The maximum absolute atomic E-state index is 11.3. The molecule has 0 saturated carbocycles. The largest absolute Gasteiger partial charge is 2.00 e. The number of nitrogens with zero attached hydrogens (tertiary/aromatic N) is 2. The summed E-state index contributed by atoms with van der Waals surface area (Å²) in [5, 5.41) is 3.69. The zero-order valence-corrected chi connectivity index (χ0v) is 18.3. The molecule has 0 spiro atoms. The first-order chi connectivity index (χ1) is 12.3. The van der Waals surface area contributed by atoms with Crippen LogP contribution in [0, 0.1) is 12.1 Å². The molecule has 27 heavy (non-hydrogen) atoms. The van der Waals surface area contributed by atoms with E-state index in [1.165, 1.54) is 19.2 Å². The van der Waals surface area contributed by atoms with Crippen molar-refractivity contribution in [3.63, 3.8) is 0 Å². The maximum atomic E-state index is 11.3. The van der Waals surface area contributed by atoms with Crippen molar-refractivity contribution in [2.75, 3.05) is 7.11 Å². The van der Waals surface area contributed by atoms with Gasteiger partial charge < -0.3 is 4.74 Å². The second-order valence-electron chi connectivity index (χ2n) is 4.62. The van der Waals surface area contributed by atoms with Gasteiger partial charge >= 0.3 is 26.8 Å². The molecule has 1 N–H and O–H groups in total. The van der Waals surface area contributed by atoms with Crippen LogP contribution in [-0.4, -0.2) is 30.3 Å². The first kappa shape index (κ1) is 22.8. The number of hydrogen-bond donors (Lipinski definition) is 1. The molecule has 0 radical (unpaired) electrons. The van der Waals surface area contributed by atoms with E-state index in [1.54, 1.807) is 30.3 Å². The number of methoxy groups -OCH3 is 1. The standard InChI is InChI=1S/C9H6N3O2.C7H6ClO3S.W/c13-8-6-10-12(9(14)11-8)7-4-2-1-3-5-7;1-11-6-4-2-3-5-7(6)12(8,9)10;/h2-6H,(H,11,13,14);2,4-5H,1H3;/q2*-1;+2. The molecule has 0 fully saturated rings. The normalized spacial score (nSPS) is 10.1. The van der Waals surface area contributed by atoms with Gasteiger partial charge in [-0.05, 0) is 5.69 Å². The Balaban J connectivity index is 0.000000264. The Morgan fingerprint density at radius 2 is 1.78 bits per heavy atom. The van der Waals surface area contributed by atoms with Crippen LogP contribution in [-0.2, 0) is 30.1 Å². The van der Waals surface area contributed by atoms with E-state index in [0.29, 0.717) is 5.69 Å². The Bertz CT molecular complexity index is 1100. The van der Waals surface area contributed by atoms with Gasteiger partial charge in [-0.1, -0.05) is 0 Å². The fourth-order valence-corrected chi connectivity index (χ4v) is 2.78. The summed E-state index contributed by atoms with van der Waals surface area (Å²) in [5.74, 6) is 0.226. The zero-order chi connectivity index (χ0) is 19.2. The minimum absolute atomic E-state index is 0. The van der Waals surface area contributed by atoms with Crippen molar-refractivity contribution >= 4 is 19.7 Å². The summed E-state index contributed by atoms with van der Waals surface area (Å²) in [5.41, 5.74) is -0.470. The molecular formula is C16H12ClN3O5SW. The Kier molecular flexibility index (Phi) is 8.62. The smallest absolute Gasteiger partial charge is 0.521 e. The number of hydrogen-bond acceptors (Lipinski definition) is 6. The van der Waals surface area contributed by atoms with E-state index in [9.17, 15) is 18.0 Å². The van der Waals surface area contributed by atoms with Crippen LogP contribution in [0.3, 0.4) is 0 Å². The predicted molar refractivity (Wildman–Crippen MR) is 94.2 cm³/mol. The van der Waals surface area contributed by atoms with Crippen LogP contribution in [0.25, 0.3) is 5.69 Å². The molecule has 140 valence electrons. The molecule has 1 heterocycles. The average Bonchev–Trinajstić information content (AvgIpc) is 2.62. The first-order valence-electron chi connectivity index (χ1n) is 6.97. The number of aromatic amines is 1. The van der Waals surface area contributed by atoms with Crippen LogP contribution in [0.4, 0.5) is 0 Å². The Hall–Kier alpha value is -2.22. The monoisotopic (exact) mass is 577 g/mol. The molecule has 0 aliphatic rings. The van der Waals surface area contributed by atoms with Crippen LogP contribution in [0.5, 0.6) is 5.75 Å². The maximum Gasteiger partial charge on any atom is 2.00 e. The molecule has 0 atom stereocenters. The van der Waals surface area contributed by atoms with Gasteiger partial charge in [-0.25, -0.2) is 17.9 Å². The Labute approximate surface area is 173 Å². The third kappa shape index (κ3) is 6.46. The van der Waals surface area contributed by atoms with Crippen molar-refractivity contribution < 1.29 is 34.2 Å². The number of rotatable bonds is 3. The average molecular weight is 578 g/mol. The van der Waals surface area contributed by atoms with Gasteiger partial charge in [0.25, 0.3) is 5.56 Å². The summed E-state index contributed by atoms with van der Waals surface area (Å²) >= 11 is 0. The summed E-state index contributed by atoms with van der Waals surface area (Å²) in [6, 6.07) is 16.4. The molecule has 3 aromatic rings. The van der Waals surface area contributed by atoms with E-state index >= 15 is 0 Å². The second kappa shape index (κ2) is 10.2. The fraction of sp³-hybridized carbons (Fsp3) is 0.0625.